The summed E-state index contributed by atoms with van der Waals surface area (Å²) in [6.07, 6.45) is -1.57. The minimum absolute atomic E-state index is 0.00988. The van der Waals surface area contributed by atoms with Crippen molar-refractivity contribution in [1.29, 1.82) is 0 Å². The van der Waals surface area contributed by atoms with Crippen LogP contribution in [0.3, 0.4) is 0 Å². The molecule has 0 radical (unpaired) electrons. The Labute approximate surface area is 239 Å². The number of aryl methyl sites for hydroxylation is 4. The van der Waals surface area contributed by atoms with Crippen LogP contribution in [0, 0.1) is 48.8 Å². The lowest BCUT2D eigenvalue weighted by molar-refractivity contribution is 0.214. The zero-order chi connectivity index (χ0) is 30.2. The first-order valence-electron chi connectivity index (χ1n) is 12.1. The molecule has 214 valence electrons. The summed E-state index contributed by atoms with van der Waals surface area (Å²) in [6, 6.07) is 9.89. The van der Waals surface area contributed by atoms with Crippen LogP contribution < -0.4 is 0 Å². The van der Waals surface area contributed by atoms with Gasteiger partial charge in [0.25, 0.3) is 0 Å². The number of aliphatic hydroxyl groups excluding tert-OH is 1. The molecule has 1 N–H and O–H groups in total. The van der Waals surface area contributed by atoms with Crippen LogP contribution >= 0.6 is 15.9 Å². The van der Waals surface area contributed by atoms with E-state index in [1.807, 2.05) is 0 Å². The van der Waals surface area contributed by atoms with Crippen LogP contribution in [-0.4, -0.2) is 24.7 Å². The van der Waals surface area contributed by atoms with E-state index in [4.69, 9.17) is 0 Å². The van der Waals surface area contributed by atoms with Crippen LogP contribution in [0.4, 0.5) is 26.3 Å². The Bertz CT molecular complexity index is 1710. The van der Waals surface area contributed by atoms with Crippen molar-refractivity contribution in [3.8, 4) is 22.5 Å². The van der Waals surface area contributed by atoms with Crippen LogP contribution in [0.25, 0.3) is 22.5 Å². The topological polar surface area (TPSA) is 55.9 Å². The van der Waals surface area contributed by atoms with Crippen molar-refractivity contribution in [2.24, 2.45) is 14.1 Å². The highest BCUT2D eigenvalue weighted by Crippen LogP contribution is 2.37. The fourth-order valence-electron chi connectivity index (χ4n) is 4.53. The van der Waals surface area contributed by atoms with E-state index in [0.717, 1.165) is 24.3 Å². The van der Waals surface area contributed by atoms with Crippen LogP contribution in [0.2, 0.25) is 0 Å². The average molecular weight is 637 g/mol. The molecule has 0 saturated carbocycles. The summed E-state index contributed by atoms with van der Waals surface area (Å²) in [5, 5.41) is 18.8. The van der Waals surface area contributed by atoms with E-state index in [-0.39, 0.29) is 33.6 Å². The first-order chi connectivity index (χ1) is 19.3. The second-order valence-corrected chi connectivity index (χ2v) is 9.90. The number of hydrogen-bond donors (Lipinski definition) is 1. The molecule has 0 saturated heterocycles. The van der Waals surface area contributed by atoms with Gasteiger partial charge in [-0.25, -0.2) is 26.3 Å². The number of benzene rings is 3. The van der Waals surface area contributed by atoms with Crippen molar-refractivity contribution in [3.05, 3.63) is 116 Å². The molecule has 0 amide bonds. The number of nitrogens with zero attached hydrogens (tertiary/aromatic N) is 4. The van der Waals surface area contributed by atoms with Gasteiger partial charge in [0.05, 0.1) is 38.4 Å². The number of aromatic nitrogens is 4. The van der Waals surface area contributed by atoms with E-state index in [1.54, 1.807) is 14.0 Å². The van der Waals surface area contributed by atoms with Crippen molar-refractivity contribution in [3.63, 3.8) is 0 Å². The monoisotopic (exact) mass is 636 g/mol. The Hall–Kier alpha value is -3.90. The second kappa shape index (κ2) is 11.9. The molecular formula is C29H23BrF6N4O. The summed E-state index contributed by atoms with van der Waals surface area (Å²) in [4.78, 5) is 0. The molecule has 0 fully saturated rings. The maximum atomic E-state index is 14.2. The molecule has 0 aliphatic rings. The normalized spacial score (nSPS) is 11.8. The largest absolute Gasteiger partial charge is 0.383 e. The van der Waals surface area contributed by atoms with Crippen LogP contribution in [0.1, 0.15) is 28.6 Å². The molecule has 3 aromatic carbocycles. The van der Waals surface area contributed by atoms with E-state index in [0.29, 0.717) is 21.9 Å². The lowest BCUT2D eigenvalue weighted by Gasteiger charge is -2.15. The molecule has 2 aromatic heterocycles. The molecule has 0 spiro atoms. The Balaban J connectivity index is 0.000000208. The maximum absolute atomic E-state index is 14.2. The summed E-state index contributed by atoms with van der Waals surface area (Å²) in [5.74, 6) is -4.62. The summed E-state index contributed by atoms with van der Waals surface area (Å²) in [7, 11) is 3.12. The predicted octanol–water partition coefficient (Wildman–Crippen LogP) is 7.47. The lowest BCUT2D eigenvalue weighted by Crippen LogP contribution is -2.07. The van der Waals surface area contributed by atoms with Gasteiger partial charge < -0.3 is 5.11 Å². The fraction of sp³-hybridized carbons (Fsp3) is 0.172. The van der Waals surface area contributed by atoms with Crippen molar-refractivity contribution in [2.45, 2.75) is 20.0 Å². The van der Waals surface area contributed by atoms with E-state index < -0.39 is 41.0 Å². The Morgan fingerprint density at radius 2 is 1.15 bits per heavy atom. The highest BCUT2D eigenvalue weighted by Gasteiger charge is 2.28. The first kappa shape index (κ1) is 30.1. The van der Waals surface area contributed by atoms with Crippen LogP contribution in [0.5, 0.6) is 0 Å². The van der Waals surface area contributed by atoms with Gasteiger partial charge in [0.2, 0.25) is 0 Å². The van der Waals surface area contributed by atoms with Crippen LogP contribution in [0.15, 0.2) is 59.1 Å². The second-order valence-electron chi connectivity index (χ2n) is 9.10. The average Bonchev–Trinajstić information content (AvgIpc) is 3.32. The molecule has 2 heterocycles. The molecule has 5 nitrogen and oxygen atoms in total. The molecule has 41 heavy (non-hydrogen) atoms. The van der Waals surface area contributed by atoms with Crippen molar-refractivity contribution in [2.75, 3.05) is 0 Å². The molecule has 5 aromatic rings. The van der Waals surface area contributed by atoms with Gasteiger partial charge in [-0.2, -0.15) is 10.2 Å². The minimum Gasteiger partial charge on any atom is -0.383 e. The number of halogens is 7. The molecule has 12 heteroatoms. The van der Waals surface area contributed by atoms with Gasteiger partial charge in [0.15, 0.2) is 0 Å². The molecule has 0 aliphatic heterocycles. The van der Waals surface area contributed by atoms with E-state index in [2.05, 4.69) is 26.1 Å². The smallest absolute Gasteiger partial charge is 0.135 e. The SMILES string of the molecule is Cc1nn(C)c(-c2c(F)cccc2F)c1Br.Cc1nn(C)c(-c2c(F)cccc2F)c1C(O)c1ccc(F)cc1F. The van der Waals surface area contributed by atoms with Crippen molar-refractivity contribution < 1.29 is 31.4 Å². The zero-order valence-electron chi connectivity index (χ0n) is 22.2. The zero-order valence-corrected chi connectivity index (χ0v) is 23.7. The Kier molecular flexibility index (Phi) is 8.74. The predicted molar refractivity (Wildman–Crippen MR) is 145 cm³/mol. The number of hydrogen-bond acceptors (Lipinski definition) is 3. The number of aliphatic hydroxyl groups is 1. The van der Waals surface area contributed by atoms with E-state index in [1.165, 1.54) is 47.6 Å². The van der Waals surface area contributed by atoms with Gasteiger partial charge in [0.1, 0.15) is 41.0 Å². The van der Waals surface area contributed by atoms with Gasteiger partial charge in [-0.05, 0) is 60.1 Å². The number of rotatable bonds is 4. The van der Waals surface area contributed by atoms with Gasteiger partial charge in [-0.3, -0.25) is 9.36 Å². The van der Waals surface area contributed by atoms with Crippen LogP contribution in [-0.2, 0) is 14.1 Å². The molecule has 5 rings (SSSR count). The summed E-state index contributed by atoms with van der Waals surface area (Å²) in [6.45, 7) is 3.30. The van der Waals surface area contributed by atoms with Gasteiger partial charge in [0, 0.05) is 31.3 Å². The van der Waals surface area contributed by atoms with E-state index >= 15 is 0 Å². The molecule has 0 bridgehead atoms. The quantitative estimate of drug-likeness (QED) is 0.208. The Morgan fingerprint density at radius 3 is 1.61 bits per heavy atom. The highest BCUT2D eigenvalue weighted by molar-refractivity contribution is 9.10. The van der Waals surface area contributed by atoms with Crippen molar-refractivity contribution in [1.82, 2.24) is 19.6 Å². The maximum Gasteiger partial charge on any atom is 0.135 e. The lowest BCUT2D eigenvalue weighted by atomic mass is 9.95. The van der Waals surface area contributed by atoms with Gasteiger partial charge >= 0.3 is 0 Å². The molecule has 1 atom stereocenters. The molecule has 1 unspecified atom stereocenters. The summed E-state index contributed by atoms with van der Waals surface area (Å²) in [5.41, 5.74) is 0.779. The Morgan fingerprint density at radius 1 is 0.683 bits per heavy atom. The molecular weight excluding hydrogens is 614 g/mol. The summed E-state index contributed by atoms with van der Waals surface area (Å²) >= 11 is 3.29. The summed E-state index contributed by atoms with van der Waals surface area (Å²) < 4.78 is 86.1. The third-order valence-corrected chi connectivity index (χ3v) is 7.30. The third-order valence-electron chi connectivity index (χ3n) is 6.35. The highest BCUT2D eigenvalue weighted by atomic mass is 79.9. The van der Waals surface area contributed by atoms with E-state index in [9.17, 15) is 31.4 Å². The standard InChI is InChI=1S/C18H14F4N2O.C11H9BrF2N2/c1-9-15(18(25)11-7-6-10(19)8-14(11)22)17(24(2)23-9)16-12(20)4-3-5-13(16)21;1-6-10(12)11(16(2)15-6)9-7(13)4-3-5-8(9)14/h3-8,18,25H,1-2H3;3-5H,1-2H3. The fourth-order valence-corrected chi connectivity index (χ4v) is 5.06. The third kappa shape index (κ3) is 5.80. The minimum atomic E-state index is -1.57. The van der Waals surface area contributed by atoms with Gasteiger partial charge in [-0.1, -0.05) is 18.2 Å². The molecule has 0 aliphatic carbocycles. The van der Waals surface area contributed by atoms with Crippen molar-refractivity contribution >= 4 is 15.9 Å². The van der Waals surface area contributed by atoms with Gasteiger partial charge in [-0.15, -0.1) is 0 Å². The first-order valence-corrected chi connectivity index (χ1v) is 12.9.